The quantitative estimate of drug-likeness (QED) is 0.721. The van der Waals surface area contributed by atoms with Crippen LogP contribution in [0.3, 0.4) is 0 Å². The molecular formula is C18H30N2O3. The van der Waals surface area contributed by atoms with Gasteiger partial charge in [-0.05, 0) is 6.42 Å². The zero-order valence-electron chi connectivity index (χ0n) is 14.6. The van der Waals surface area contributed by atoms with E-state index in [-0.39, 0.29) is 11.8 Å². The Morgan fingerprint density at radius 3 is 2.26 bits per heavy atom. The molecule has 0 bridgehead atoms. The molecule has 1 heterocycles. The first kappa shape index (κ1) is 17.9. The number of nitrogens with one attached hydrogen (secondary N) is 1. The van der Waals surface area contributed by atoms with Gasteiger partial charge in [-0.2, -0.15) is 0 Å². The molecule has 1 aromatic rings. The van der Waals surface area contributed by atoms with Crippen molar-refractivity contribution in [2.24, 2.45) is 0 Å². The molecule has 5 heteroatoms. The number of rotatable bonds is 8. The normalized spacial score (nSPS) is 17.0. The molecule has 130 valence electrons. The molecule has 0 saturated carbocycles. The number of phenols is 1. The minimum atomic E-state index is 0.176. The van der Waals surface area contributed by atoms with Gasteiger partial charge in [0, 0.05) is 44.4 Å². The van der Waals surface area contributed by atoms with E-state index in [4.69, 9.17) is 9.47 Å². The number of piperazine rings is 1. The standard InChI is InChI=1S/C18H30N2O3/c1-4-5-6-7-15(20-10-8-19-9-11-20)18-16(22-2)12-14(21)13-17(18)23-3/h12-13,15,19,21H,4-11H2,1-3H3/t15-/m0/s1. The highest BCUT2D eigenvalue weighted by molar-refractivity contribution is 5.52. The van der Waals surface area contributed by atoms with Crippen LogP contribution < -0.4 is 14.8 Å². The van der Waals surface area contributed by atoms with E-state index in [9.17, 15) is 5.11 Å². The van der Waals surface area contributed by atoms with Crippen molar-refractivity contribution >= 4 is 0 Å². The summed E-state index contributed by atoms with van der Waals surface area (Å²) in [5.74, 6) is 1.60. The topological polar surface area (TPSA) is 54.0 Å². The van der Waals surface area contributed by atoms with Gasteiger partial charge >= 0.3 is 0 Å². The van der Waals surface area contributed by atoms with E-state index < -0.39 is 0 Å². The van der Waals surface area contributed by atoms with Crippen LogP contribution in [0, 0.1) is 0 Å². The first-order valence-corrected chi connectivity index (χ1v) is 8.60. The van der Waals surface area contributed by atoms with Crippen molar-refractivity contribution in [1.29, 1.82) is 0 Å². The van der Waals surface area contributed by atoms with Crippen molar-refractivity contribution in [2.75, 3.05) is 40.4 Å². The van der Waals surface area contributed by atoms with E-state index in [1.54, 1.807) is 26.4 Å². The molecular weight excluding hydrogens is 292 g/mol. The maximum Gasteiger partial charge on any atom is 0.131 e. The summed E-state index contributed by atoms with van der Waals surface area (Å²) < 4.78 is 11.1. The molecule has 0 unspecified atom stereocenters. The van der Waals surface area contributed by atoms with Crippen LogP contribution in [0.5, 0.6) is 17.2 Å². The van der Waals surface area contributed by atoms with Gasteiger partial charge in [-0.15, -0.1) is 0 Å². The third-order valence-corrected chi connectivity index (χ3v) is 4.54. The SMILES string of the molecule is CCCCC[C@@H](c1c(OC)cc(O)cc1OC)N1CCNCC1. The molecule has 1 saturated heterocycles. The Morgan fingerprint density at radius 2 is 1.74 bits per heavy atom. The zero-order chi connectivity index (χ0) is 16.7. The number of methoxy groups -OCH3 is 2. The number of phenolic OH excluding ortho intramolecular Hbond substituents is 1. The Labute approximate surface area is 139 Å². The van der Waals surface area contributed by atoms with E-state index in [1.807, 2.05) is 0 Å². The molecule has 1 atom stereocenters. The third kappa shape index (κ3) is 4.52. The third-order valence-electron chi connectivity index (χ3n) is 4.54. The number of hydrogen-bond acceptors (Lipinski definition) is 5. The van der Waals surface area contributed by atoms with Gasteiger partial charge in [0.25, 0.3) is 0 Å². The molecule has 2 rings (SSSR count). The van der Waals surface area contributed by atoms with E-state index >= 15 is 0 Å². The van der Waals surface area contributed by atoms with Crippen molar-refractivity contribution in [3.63, 3.8) is 0 Å². The molecule has 1 aliphatic heterocycles. The highest BCUT2D eigenvalue weighted by Gasteiger charge is 2.28. The van der Waals surface area contributed by atoms with Gasteiger partial charge in [0.2, 0.25) is 0 Å². The van der Waals surface area contributed by atoms with Crippen LogP contribution in [0.15, 0.2) is 12.1 Å². The minimum absolute atomic E-state index is 0.176. The molecule has 0 spiro atoms. The number of aromatic hydroxyl groups is 1. The second kappa shape index (κ2) is 8.99. The summed E-state index contributed by atoms with van der Waals surface area (Å²) in [7, 11) is 3.30. The van der Waals surface area contributed by atoms with Gasteiger partial charge in [0.1, 0.15) is 17.2 Å². The maximum atomic E-state index is 9.90. The van der Waals surface area contributed by atoms with Crippen molar-refractivity contribution in [2.45, 2.75) is 38.6 Å². The molecule has 0 aliphatic carbocycles. The number of hydrogen-bond donors (Lipinski definition) is 2. The second-order valence-corrected chi connectivity index (χ2v) is 6.06. The fourth-order valence-electron chi connectivity index (χ4n) is 3.34. The second-order valence-electron chi connectivity index (χ2n) is 6.06. The molecule has 0 aromatic heterocycles. The summed E-state index contributed by atoms with van der Waals surface area (Å²) in [5.41, 5.74) is 1.06. The van der Waals surface area contributed by atoms with Crippen LogP contribution in [0.25, 0.3) is 0 Å². The van der Waals surface area contributed by atoms with Gasteiger partial charge in [0.05, 0.1) is 19.8 Å². The predicted molar refractivity (Wildman–Crippen MR) is 92.5 cm³/mol. The molecule has 2 N–H and O–H groups in total. The van der Waals surface area contributed by atoms with E-state index in [0.717, 1.165) is 38.2 Å². The summed E-state index contributed by atoms with van der Waals surface area (Å²) >= 11 is 0. The summed E-state index contributed by atoms with van der Waals surface area (Å²) in [6, 6.07) is 3.63. The highest BCUT2D eigenvalue weighted by atomic mass is 16.5. The largest absolute Gasteiger partial charge is 0.508 e. The van der Waals surface area contributed by atoms with Gasteiger partial charge in [-0.3, -0.25) is 4.90 Å². The van der Waals surface area contributed by atoms with Gasteiger partial charge in [0.15, 0.2) is 0 Å². The molecule has 5 nitrogen and oxygen atoms in total. The summed E-state index contributed by atoms with van der Waals surface area (Å²) in [4.78, 5) is 2.50. The molecule has 1 aliphatic rings. The Hall–Kier alpha value is -1.46. The average molecular weight is 322 g/mol. The van der Waals surface area contributed by atoms with Crippen molar-refractivity contribution < 1.29 is 14.6 Å². The lowest BCUT2D eigenvalue weighted by molar-refractivity contribution is 0.157. The van der Waals surface area contributed by atoms with Crippen LogP contribution in [0.4, 0.5) is 0 Å². The Balaban J connectivity index is 2.36. The summed E-state index contributed by atoms with van der Waals surface area (Å²) in [6.45, 7) is 6.27. The van der Waals surface area contributed by atoms with E-state index in [0.29, 0.717) is 11.5 Å². The minimum Gasteiger partial charge on any atom is -0.508 e. The number of unbranched alkanes of at least 4 members (excludes halogenated alkanes) is 2. The summed E-state index contributed by atoms with van der Waals surface area (Å²) in [6.07, 6.45) is 4.69. The van der Waals surface area contributed by atoms with Gasteiger partial charge < -0.3 is 19.9 Å². The van der Waals surface area contributed by atoms with Gasteiger partial charge in [-0.25, -0.2) is 0 Å². The zero-order valence-corrected chi connectivity index (χ0v) is 14.6. The highest BCUT2D eigenvalue weighted by Crippen LogP contribution is 2.42. The lowest BCUT2D eigenvalue weighted by atomic mass is 9.96. The first-order valence-electron chi connectivity index (χ1n) is 8.60. The Kier molecular flexibility index (Phi) is 6.99. The van der Waals surface area contributed by atoms with Crippen LogP contribution >= 0.6 is 0 Å². The lowest BCUT2D eigenvalue weighted by Gasteiger charge is -2.36. The van der Waals surface area contributed by atoms with Crippen molar-refractivity contribution in [1.82, 2.24) is 10.2 Å². The fourth-order valence-corrected chi connectivity index (χ4v) is 3.34. The molecule has 1 aromatic carbocycles. The van der Waals surface area contributed by atoms with E-state index in [1.165, 1.54) is 19.3 Å². The van der Waals surface area contributed by atoms with Crippen molar-refractivity contribution in [3.05, 3.63) is 17.7 Å². The fraction of sp³-hybridized carbons (Fsp3) is 0.667. The van der Waals surface area contributed by atoms with Crippen LogP contribution in [0.2, 0.25) is 0 Å². The number of ether oxygens (including phenoxy) is 2. The predicted octanol–water partition coefficient (Wildman–Crippen LogP) is 2.94. The smallest absolute Gasteiger partial charge is 0.131 e. The molecule has 0 radical (unpaired) electrons. The molecule has 1 fully saturated rings. The monoisotopic (exact) mass is 322 g/mol. The maximum absolute atomic E-state index is 9.90. The van der Waals surface area contributed by atoms with Crippen molar-refractivity contribution in [3.8, 4) is 17.2 Å². The number of nitrogens with zero attached hydrogens (tertiary/aromatic N) is 1. The van der Waals surface area contributed by atoms with E-state index in [2.05, 4.69) is 17.1 Å². The Morgan fingerprint density at radius 1 is 1.13 bits per heavy atom. The summed E-state index contributed by atoms with van der Waals surface area (Å²) in [5, 5.41) is 13.3. The molecule has 23 heavy (non-hydrogen) atoms. The lowest BCUT2D eigenvalue weighted by Crippen LogP contribution is -2.45. The number of benzene rings is 1. The van der Waals surface area contributed by atoms with Crippen LogP contribution in [-0.4, -0.2) is 50.4 Å². The van der Waals surface area contributed by atoms with Crippen LogP contribution in [-0.2, 0) is 0 Å². The van der Waals surface area contributed by atoms with Gasteiger partial charge in [-0.1, -0.05) is 26.2 Å². The Bertz CT molecular complexity index is 462. The van der Waals surface area contributed by atoms with Crippen LogP contribution in [0.1, 0.15) is 44.2 Å². The molecule has 0 amide bonds. The first-order chi connectivity index (χ1) is 11.2. The average Bonchev–Trinajstić information content (AvgIpc) is 2.59.